The molecule has 0 aliphatic carbocycles. The van der Waals surface area contributed by atoms with E-state index < -0.39 is 8.60 Å². The first kappa shape index (κ1) is 13.8. The Morgan fingerprint density at radius 2 is 1.46 bits per heavy atom. The molecule has 1 aromatic rings. The summed E-state index contributed by atoms with van der Waals surface area (Å²) in [6.07, 6.45) is 0. The number of fused-ring (bicyclic) bond motifs is 1. The van der Waals surface area contributed by atoms with Crippen LogP contribution in [0.5, 0.6) is 11.5 Å². The molecule has 0 aromatic heterocycles. The standard InChI is InChI=1S/C6H4O3P.C2H6.K/c7-10-8-5-3-1-2-4-6(5)9-10;1-2;/h1-4H;1-2H3;/q-1;;+1. The van der Waals surface area contributed by atoms with E-state index in [2.05, 4.69) is 0 Å². The molecule has 0 amide bonds. The van der Waals surface area contributed by atoms with E-state index in [4.69, 9.17) is 9.05 Å². The molecular formula is C8H10KO3P. The van der Waals surface area contributed by atoms with Crippen molar-refractivity contribution in [3.8, 4) is 11.5 Å². The molecule has 0 N–H and O–H groups in total. The molecule has 3 nitrogen and oxygen atoms in total. The van der Waals surface area contributed by atoms with Gasteiger partial charge in [-0.15, -0.1) is 0 Å². The van der Waals surface area contributed by atoms with Crippen LogP contribution in [0.4, 0.5) is 0 Å². The van der Waals surface area contributed by atoms with Gasteiger partial charge in [-0.1, -0.05) is 26.0 Å². The minimum absolute atomic E-state index is 0. The van der Waals surface area contributed by atoms with Crippen molar-refractivity contribution in [3.05, 3.63) is 24.3 Å². The van der Waals surface area contributed by atoms with Gasteiger partial charge in [-0.3, -0.25) is 0 Å². The Morgan fingerprint density at radius 1 is 1.08 bits per heavy atom. The second kappa shape index (κ2) is 7.18. The zero-order valence-electron chi connectivity index (χ0n) is 7.98. The molecule has 13 heavy (non-hydrogen) atoms. The maximum atomic E-state index is 10.6. The van der Waals surface area contributed by atoms with E-state index in [0.717, 1.165) is 0 Å². The Kier molecular flexibility index (Phi) is 7.65. The fourth-order valence-electron chi connectivity index (χ4n) is 0.780. The summed E-state index contributed by atoms with van der Waals surface area (Å²) in [6, 6.07) is 7.04. The topological polar surface area (TPSA) is 41.5 Å². The minimum atomic E-state index is -1.94. The van der Waals surface area contributed by atoms with E-state index in [-0.39, 0.29) is 51.4 Å². The molecule has 0 fully saturated rings. The quantitative estimate of drug-likeness (QED) is 0.422. The average Bonchev–Trinajstić information content (AvgIpc) is 2.48. The van der Waals surface area contributed by atoms with Crippen LogP contribution in [0.25, 0.3) is 0 Å². The molecule has 5 heteroatoms. The summed E-state index contributed by atoms with van der Waals surface area (Å²) >= 11 is 0. The molecule has 0 atom stereocenters. The molecule has 66 valence electrons. The Bertz CT molecular complexity index is 232. The van der Waals surface area contributed by atoms with Crippen molar-refractivity contribution in [2.24, 2.45) is 0 Å². The Balaban J connectivity index is 0.000000451. The molecule has 0 radical (unpaired) electrons. The Labute approximate surface area is 122 Å². The number of rotatable bonds is 0. The summed E-state index contributed by atoms with van der Waals surface area (Å²) in [5.41, 5.74) is 0. The van der Waals surface area contributed by atoms with Crippen LogP contribution in [0, 0.1) is 0 Å². The van der Waals surface area contributed by atoms with E-state index in [1.54, 1.807) is 24.3 Å². The predicted molar refractivity (Wildman–Crippen MR) is 46.0 cm³/mol. The number of para-hydroxylation sites is 2. The van der Waals surface area contributed by atoms with Gasteiger partial charge in [0.05, 0.1) is 0 Å². The van der Waals surface area contributed by atoms with Crippen LogP contribution in [0.1, 0.15) is 13.8 Å². The van der Waals surface area contributed by atoms with E-state index in [1.165, 1.54) is 0 Å². The molecule has 0 unspecified atom stereocenters. The van der Waals surface area contributed by atoms with Crippen LogP contribution in [-0.4, -0.2) is 0 Å². The average molecular weight is 224 g/mol. The van der Waals surface area contributed by atoms with E-state index >= 15 is 0 Å². The maximum absolute atomic E-state index is 10.6. The van der Waals surface area contributed by atoms with Gasteiger partial charge in [0.2, 0.25) is 8.60 Å². The molecular weight excluding hydrogens is 214 g/mol. The smallest absolute Gasteiger partial charge is 0.765 e. The van der Waals surface area contributed by atoms with Crippen molar-refractivity contribution >= 4 is 8.60 Å². The largest absolute Gasteiger partial charge is 1.00 e. The minimum Gasteiger partial charge on any atom is -0.765 e. The van der Waals surface area contributed by atoms with Crippen LogP contribution in [0.3, 0.4) is 0 Å². The van der Waals surface area contributed by atoms with Gasteiger partial charge >= 0.3 is 51.4 Å². The van der Waals surface area contributed by atoms with E-state index in [9.17, 15) is 4.89 Å². The first-order chi connectivity index (χ1) is 5.86. The van der Waals surface area contributed by atoms with Gasteiger partial charge in [-0.2, -0.15) is 0 Å². The van der Waals surface area contributed by atoms with Crippen LogP contribution in [0.15, 0.2) is 24.3 Å². The third-order valence-electron chi connectivity index (χ3n) is 1.19. The molecule has 1 aliphatic rings. The SMILES string of the molecule is CC.[K+].[O-]P1Oc2ccccc2O1. The molecule has 0 saturated carbocycles. The van der Waals surface area contributed by atoms with Crippen LogP contribution >= 0.6 is 8.60 Å². The molecule has 1 aromatic carbocycles. The zero-order valence-corrected chi connectivity index (χ0v) is 12.0. The Hall–Kier alpha value is 0.846. The zero-order chi connectivity index (χ0) is 8.97. The summed E-state index contributed by atoms with van der Waals surface area (Å²) in [5.74, 6) is 1.12. The molecule has 0 saturated heterocycles. The second-order valence-electron chi connectivity index (χ2n) is 1.85. The van der Waals surface area contributed by atoms with E-state index in [0.29, 0.717) is 11.5 Å². The van der Waals surface area contributed by atoms with Crippen LogP contribution < -0.4 is 65.3 Å². The molecule has 0 spiro atoms. The van der Waals surface area contributed by atoms with E-state index in [1.807, 2.05) is 13.8 Å². The van der Waals surface area contributed by atoms with Gasteiger partial charge in [-0.05, 0) is 12.1 Å². The van der Waals surface area contributed by atoms with Gasteiger partial charge in [0, 0.05) is 0 Å². The fraction of sp³-hybridized carbons (Fsp3) is 0.250. The number of benzene rings is 1. The third-order valence-corrected chi connectivity index (χ3v) is 1.89. The van der Waals surface area contributed by atoms with Crippen LogP contribution in [0.2, 0.25) is 0 Å². The van der Waals surface area contributed by atoms with Gasteiger partial charge in [0.25, 0.3) is 0 Å². The summed E-state index contributed by atoms with van der Waals surface area (Å²) < 4.78 is 9.59. The summed E-state index contributed by atoms with van der Waals surface area (Å²) in [6.45, 7) is 4.00. The van der Waals surface area contributed by atoms with Crippen molar-refractivity contribution in [1.82, 2.24) is 0 Å². The number of hydrogen-bond acceptors (Lipinski definition) is 3. The van der Waals surface area contributed by atoms with Crippen LogP contribution in [-0.2, 0) is 0 Å². The number of hydrogen-bond donors (Lipinski definition) is 0. The normalized spacial score (nSPS) is 12.5. The van der Waals surface area contributed by atoms with Gasteiger partial charge in [-0.25, -0.2) is 0 Å². The Morgan fingerprint density at radius 3 is 1.85 bits per heavy atom. The van der Waals surface area contributed by atoms with Crippen molar-refractivity contribution in [2.75, 3.05) is 0 Å². The molecule has 0 bridgehead atoms. The van der Waals surface area contributed by atoms with Crippen molar-refractivity contribution < 1.29 is 65.3 Å². The fourth-order valence-corrected chi connectivity index (χ4v) is 1.44. The van der Waals surface area contributed by atoms with Crippen molar-refractivity contribution in [3.63, 3.8) is 0 Å². The summed E-state index contributed by atoms with van der Waals surface area (Å²) in [5, 5.41) is 0. The maximum Gasteiger partial charge on any atom is 1.00 e. The summed E-state index contributed by atoms with van der Waals surface area (Å²) in [7, 11) is -1.94. The predicted octanol–water partition coefficient (Wildman–Crippen LogP) is -0.925. The van der Waals surface area contributed by atoms with Gasteiger partial charge in [0.15, 0.2) is 11.5 Å². The second-order valence-corrected chi connectivity index (χ2v) is 2.67. The first-order valence-corrected chi connectivity index (χ1v) is 4.88. The third kappa shape index (κ3) is 3.84. The summed E-state index contributed by atoms with van der Waals surface area (Å²) in [4.78, 5) is 10.6. The monoisotopic (exact) mass is 224 g/mol. The first-order valence-electron chi connectivity index (χ1n) is 3.78. The van der Waals surface area contributed by atoms with Gasteiger partial charge < -0.3 is 13.9 Å². The molecule has 1 aliphatic heterocycles. The van der Waals surface area contributed by atoms with Gasteiger partial charge in [0.1, 0.15) is 0 Å². The van der Waals surface area contributed by atoms with Crippen molar-refractivity contribution in [2.45, 2.75) is 13.8 Å². The van der Waals surface area contributed by atoms with Crippen molar-refractivity contribution in [1.29, 1.82) is 0 Å². The molecule has 2 rings (SSSR count). The molecule has 1 heterocycles.